The molecule has 5 heteroatoms. The molecule has 0 aliphatic rings. The lowest BCUT2D eigenvalue weighted by molar-refractivity contribution is -0.114. The highest BCUT2D eigenvalue weighted by Gasteiger charge is 2.19. The second-order valence-corrected chi connectivity index (χ2v) is 7.23. The van der Waals surface area contributed by atoms with Crippen LogP contribution in [0, 0.1) is 5.92 Å². The molecule has 0 N–H and O–H groups in total. The largest absolute Gasteiger partial charge is 0.307 e. The summed E-state index contributed by atoms with van der Waals surface area (Å²) in [6, 6.07) is 0. The van der Waals surface area contributed by atoms with Crippen molar-refractivity contribution < 1.29 is 9.36 Å². The van der Waals surface area contributed by atoms with Gasteiger partial charge in [0.05, 0.1) is 0 Å². The smallest absolute Gasteiger partial charge is 0.224 e. The van der Waals surface area contributed by atoms with Crippen LogP contribution in [0.1, 0.15) is 6.92 Å². The first kappa shape index (κ1) is 10.5. The third-order valence-electron chi connectivity index (χ3n) is 0.987. The molecule has 0 aliphatic heterocycles. The van der Waals surface area contributed by atoms with Crippen molar-refractivity contribution in [2.75, 3.05) is 12.8 Å². The highest BCUT2D eigenvalue weighted by molar-refractivity contribution is 7.88. The molecule has 2 atom stereocenters. The van der Waals surface area contributed by atoms with E-state index >= 15 is 0 Å². The van der Waals surface area contributed by atoms with E-state index in [1.54, 1.807) is 6.92 Å². The minimum atomic E-state index is -2.61. The fraction of sp³-hybridized carbons (Fsp3) is 0.800. The van der Waals surface area contributed by atoms with Crippen LogP contribution in [0.2, 0.25) is 0 Å². The van der Waals surface area contributed by atoms with Crippen molar-refractivity contribution in [2.24, 2.45) is 5.92 Å². The van der Waals surface area contributed by atoms with Gasteiger partial charge in [-0.25, -0.2) is 0 Å². The topological polar surface area (TPSA) is 34.1 Å². The van der Waals surface area contributed by atoms with Crippen molar-refractivity contribution >= 4 is 34.6 Å². The SMILES string of the molecule is CC(CP(C)(=O)Cl)C(=O)Cl. The van der Waals surface area contributed by atoms with E-state index in [4.69, 9.17) is 22.8 Å². The standard InChI is InChI=1S/C5H9Cl2O2P/c1-4(5(6)8)3-10(2,7)9/h4H,3H2,1-2H3. The van der Waals surface area contributed by atoms with Crippen molar-refractivity contribution in [3.8, 4) is 0 Å². The van der Waals surface area contributed by atoms with Crippen molar-refractivity contribution in [1.29, 1.82) is 0 Å². The molecule has 0 rings (SSSR count). The van der Waals surface area contributed by atoms with Crippen molar-refractivity contribution in [1.82, 2.24) is 0 Å². The summed E-state index contributed by atoms with van der Waals surface area (Å²) < 4.78 is 10.9. The number of carbonyl (C=O) groups excluding carboxylic acids is 1. The van der Waals surface area contributed by atoms with E-state index in [1.165, 1.54) is 6.66 Å². The van der Waals surface area contributed by atoms with Gasteiger partial charge in [-0.15, -0.1) is 0 Å². The molecular weight excluding hydrogens is 194 g/mol. The summed E-state index contributed by atoms with van der Waals surface area (Å²) >= 11 is 10.5. The van der Waals surface area contributed by atoms with E-state index in [1.807, 2.05) is 0 Å². The Bertz CT molecular complexity index is 174. The molecule has 0 aromatic heterocycles. The fourth-order valence-electron chi connectivity index (χ4n) is 0.561. The van der Waals surface area contributed by atoms with Gasteiger partial charge in [0.25, 0.3) is 0 Å². The van der Waals surface area contributed by atoms with Gasteiger partial charge in [0, 0.05) is 18.7 Å². The monoisotopic (exact) mass is 202 g/mol. The normalized spacial score (nSPS) is 19.6. The Kier molecular flexibility index (Phi) is 3.93. The molecule has 0 saturated heterocycles. The van der Waals surface area contributed by atoms with Gasteiger partial charge < -0.3 is 4.57 Å². The summed E-state index contributed by atoms with van der Waals surface area (Å²) in [5, 5.41) is -0.484. The molecule has 0 bridgehead atoms. The Morgan fingerprint density at radius 2 is 2.10 bits per heavy atom. The zero-order valence-corrected chi connectivity index (χ0v) is 8.21. The first-order valence-electron chi connectivity index (χ1n) is 2.78. The Morgan fingerprint density at radius 3 is 2.20 bits per heavy atom. The molecule has 0 amide bonds. The first-order valence-corrected chi connectivity index (χ1v) is 6.40. The lowest BCUT2D eigenvalue weighted by Crippen LogP contribution is -2.07. The molecule has 0 aromatic carbocycles. The van der Waals surface area contributed by atoms with E-state index in [0.29, 0.717) is 0 Å². The minimum absolute atomic E-state index is 0.177. The summed E-state index contributed by atoms with van der Waals surface area (Å²) in [4.78, 5) is 10.4. The summed E-state index contributed by atoms with van der Waals surface area (Å²) in [7, 11) is 0. The maximum absolute atomic E-state index is 10.9. The van der Waals surface area contributed by atoms with E-state index in [0.717, 1.165) is 0 Å². The molecule has 0 spiro atoms. The first-order chi connectivity index (χ1) is 4.33. The van der Waals surface area contributed by atoms with E-state index in [-0.39, 0.29) is 6.16 Å². The van der Waals surface area contributed by atoms with Crippen LogP contribution >= 0.6 is 29.3 Å². The Labute approximate surface area is 70.0 Å². The van der Waals surface area contributed by atoms with Crippen molar-refractivity contribution in [3.63, 3.8) is 0 Å². The highest BCUT2D eigenvalue weighted by Crippen LogP contribution is 2.48. The van der Waals surface area contributed by atoms with Crippen LogP contribution in [-0.2, 0) is 9.36 Å². The van der Waals surface area contributed by atoms with Gasteiger partial charge in [0.15, 0.2) is 6.49 Å². The van der Waals surface area contributed by atoms with Crippen LogP contribution in [0.15, 0.2) is 0 Å². The van der Waals surface area contributed by atoms with Gasteiger partial charge in [-0.1, -0.05) is 18.2 Å². The third-order valence-corrected chi connectivity index (χ3v) is 2.97. The summed E-state index contributed by atoms with van der Waals surface area (Å²) in [6.07, 6.45) is 0.177. The maximum atomic E-state index is 10.9. The Hall–Kier alpha value is 0.480. The minimum Gasteiger partial charge on any atom is -0.307 e. The van der Waals surface area contributed by atoms with Crippen LogP contribution < -0.4 is 0 Å². The summed E-state index contributed by atoms with van der Waals surface area (Å²) in [5.41, 5.74) is 0. The van der Waals surface area contributed by atoms with Crippen LogP contribution in [0.5, 0.6) is 0 Å². The van der Waals surface area contributed by atoms with Crippen LogP contribution in [0.25, 0.3) is 0 Å². The van der Waals surface area contributed by atoms with Crippen LogP contribution in [0.4, 0.5) is 0 Å². The average molecular weight is 203 g/mol. The molecular formula is C5H9Cl2O2P. The lowest BCUT2D eigenvalue weighted by Gasteiger charge is -2.06. The van der Waals surface area contributed by atoms with Gasteiger partial charge in [-0.2, -0.15) is 0 Å². The van der Waals surface area contributed by atoms with Gasteiger partial charge in [0.1, 0.15) is 0 Å². The Balaban J connectivity index is 3.93. The summed E-state index contributed by atoms with van der Waals surface area (Å²) in [5.74, 6) is -0.407. The molecule has 10 heavy (non-hydrogen) atoms. The predicted octanol–water partition coefficient (Wildman–Crippen LogP) is 2.53. The van der Waals surface area contributed by atoms with E-state index in [2.05, 4.69) is 0 Å². The maximum Gasteiger partial charge on any atom is 0.224 e. The quantitative estimate of drug-likeness (QED) is 0.521. The molecule has 0 heterocycles. The highest BCUT2D eigenvalue weighted by atomic mass is 35.7. The van der Waals surface area contributed by atoms with Gasteiger partial charge in [0.2, 0.25) is 5.24 Å². The lowest BCUT2D eigenvalue weighted by atomic mass is 10.2. The fourth-order valence-corrected chi connectivity index (χ4v) is 2.51. The van der Waals surface area contributed by atoms with Gasteiger partial charge in [-0.05, 0) is 11.6 Å². The second kappa shape index (κ2) is 3.75. The zero-order valence-electron chi connectivity index (χ0n) is 5.80. The number of halogens is 2. The Morgan fingerprint density at radius 1 is 1.70 bits per heavy atom. The molecule has 0 fully saturated rings. The number of rotatable bonds is 3. The van der Waals surface area contributed by atoms with E-state index in [9.17, 15) is 9.36 Å². The molecule has 0 aliphatic carbocycles. The number of hydrogen-bond acceptors (Lipinski definition) is 2. The van der Waals surface area contributed by atoms with E-state index < -0.39 is 17.7 Å². The van der Waals surface area contributed by atoms with Crippen LogP contribution in [-0.4, -0.2) is 18.1 Å². The number of carbonyl (C=O) groups is 1. The zero-order chi connectivity index (χ0) is 8.36. The summed E-state index contributed by atoms with van der Waals surface area (Å²) in [6.45, 7) is 0.418. The molecule has 0 aromatic rings. The molecule has 2 nitrogen and oxygen atoms in total. The molecule has 0 saturated carbocycles. The third kappa shape index (κ3) is 5.28. The molecule has 0 radical (unpaired) electrons. The van der Waals surface area contributed by atoms with Crippen molar-refractivity contribution in [3.05, 3.63) is 0 Å². The average Bonchev–Trinajstić information content (AvgIpc) is 1.60. The van der Waals surface area contributed by atoms with Gasteiger partial charge in [-0.3, -0.25) is 4.79 Å². The van der Waals surface area contributed by atoms with Gasteiger partial charge >= 0.3 is 0 Å². The van der Waals surface area contributed by atoms with Crippen molar-refractivity contribution in [2.45, 2.75) is 6.92 Å². The number of hydrogen-bond donors (Lipinski definition) is 0. The second-order valence-electron chi connectivity index (χ2n) is 2.37. The molecule has 60 valence electrons. The predicted molar refractivity (Wildman–Crippen MR) is 44.3 cm³/mol. The van der Waals surface area contributed by atoms with Crippen LogP contribution in [0.3, 0.4) is 0 Å². The molecule has 2 unspecified atom stereocenters.